The zero-order valence-corrected chi connectivity index (χ0v) is 11.5. The van der Waals surface area contributed by atoms with E-state index < -0.39 is 0 Å². The van der Waals surface area contributed by atoms with E-state index in [-0.39, 0.29) is 11.5 Å². The van der Waals surface area contributed by atoms with Gasteiger partial charge in [0.05, 0.1) is 7.11 Å². The molecule has 0 atom stereocenters. The van der Waals surface area contributed by atoms with E-state index >= 15 is 0 Å². The number of rotatable bonds is 5. The minimum absolute atomic E-state index is 0.147. The maximum atomic E-state index is 12.1. The maximum absolute atomic E-state index is 12.1. The van der Waals surface area contributed by atoms with E-state index in [2.05, 4.69) is 0 Å². The Bertz CT molecular complexity index is 494. The molecule has 0 saturated heterocycles. The second kappa shape index (κ2) is 7.22. The Labute approximate surface area is 113 Å². The summed E-state index contributed by atoms with van der Waals surface area (Å²) >= 11 is 0. The minimum Gasteiger partial charge on any atom is -0.497 e. The summed E-state index contributed by atoms with van der Waals surface area (Å²) in [5.74, 6) is 0.508. The van der Waals surface area contributed by atoms with Gasteiger partial charge < -0.3 is 9.64 Å². The smallest absolute Gasteiger partial charge is 0.264 e. The van der Waals surface area contributed by atoms with Crippen LogP contribution < -0.4 is 4.74 Å². The highest BCUT2D eigenvalue weighted by Gasteiger charge is 2.14. The van der Waals surface area contributed by atoms with Crippen molar-refractivity contribution >= 4 is 12.0 Å². The van der Waals surface area contributed by atoms with E-state index in [0.717, 1.165) is 11.3 Å². The molecule has 4 heteroatoms. The first-order valence-electron chi connectivity index (χ1n) is 6.21. The van der Waals surface area contributed by atoms with Crippen molar-refractivity contribution < 1.29 is 9.53 Å². The third kappa shape index (κ3) is 3.85. The number of hydrogen-bond donors (Lipinski definition) is 0. The molecule has 0 heterocycles. The Morgan fingerprint density at radius 3 is 2.32 bits per heavy atom. The predicted octanol–water partition coefficient (Wildman–Crippen LogP) is 2.47. The highest BCUT2D eigenvalue weighted by molar-refractivity contribution is 6.01. The fourth-order valence-corrected chi connectivity index (χ4v) is 1.69. The second-order valence-corrected chi connectivity index (χ2v) is 3.92. The number of nitriles is 1. The van der Waals surface area contributed by atoms with Crippen LogP contribution in [-0.4, -0.2) is 31.0 Å². The van der Waals surface area contributed by atoms with E-state index in [9.17, 15) is 4.79 Å². The van der Waals surface area contributed by atoms with Crippen LogP contribution in [0.15, 0.2) is 29.8 Å². The third-order valence-corrected chi connectivity index (χ3v) is 2.83. The highest BCUT2D eigenvalue weighted by Crippen LogP contribution is 2.14. The van der Waals surface area contributed by atoms with Crippen molar-refractivity contribution in [2.75, 3.05) is 20.2 Å². The average Bonchev–Trinajstić information content (AvgIpc) is 2.46. The van der Waals surface area contributed by atoms with Gasteiger partial charge in [0.25, 0.3) is 5.91 Å². The number of likely N-dealkylation sites (N-methyl/N-ethyl adjacent to an activating group) is 1. The van der Waals surface area contributed by atoms with Crippen LogP contribution in [0.1, 0.15) is 19.4 Å². The number of hydrogen-bond acceptors (Lipinski definition) is 3. The van der Waals surface area contributed by atoms with Crippen molar-refractivity contribution in [3.05, 3.63) is 35.4 Å². The van der Waals surface area contributed by atoms with Gasteiger partial charge in [0.2, 0.25) is 0 Å². The van der Waals surface area contributed by atoms with Crippen LogP contribution in [0, 0.1) is 11.3 Å². The van der Waals surface area contributed by atoms with Crippen LogP contribution in [0.25, 0.3) is 6.08 Å². The van der Waals surface area contributed by atoms with Crippen LogP contribution in [0.2, 0.25) is 0 Å². The van der Waals surface area contributed by atoms with Crippen LogP contribution >= 0.6 is 0 Å². The zero-order valence-electron chi connectivity index (χ0n) is 11.5. The molecule has 1 aromatic rings. The molecule has 1 amide bonds. The Hall–Kier alpha value is -2.28. The maximum Gasteiger partial charge on any atom is 0.264 e. The van der Waals surface area contributed by atoms with Crippen LogP contribution in [0.4, 0.5) is 0 Å². The summed E-state index contributed by atoms with van der Waals surface area (Å²) in [6.07, 6.45) is 1.60. The largest absolute Gasteiger partial charge is 0.497 e. The summed E-state index contributed by atoms with van der Waals surface area (Å²) in [6.45, 7) is 4.97. The van der Waals surface area contributed by atoms with Gasteiger partial charge in [0, 0.05) is 13.1 Å². The quantitative estimate of drug-likeness (QED) is 0.602. The number of ether oxygens (including phenoxy) is 1. The fraction of sp³-hybridized carbons (Fsp3) is 0.333. The zero-order chi connectivity index (χ0) is 14.3. The number of carbonyl (C=O) groups is 1. The van der Waals surface area contributed by atoms with E-state index in [4.69, 9.17) is 10.00 Å². The fourth-order valence-electron chi connectivity index (χ4n) is 1.69. The monoisotopic (exact) mass is 258 g/mol. The first-order chi connectivity index (χ1) is 9.15. The van der Waals surface area contributed by atoms with E-state index in [1.165, 1.54) is 0 Å². The Balaban J connectivity index is 2.98. The van der Waals surface area contributed by atoms with Crippen molar-refractivity contribution in [1.82, 2.24) is 4.90 Å². The SMILES string of the molecule is CCN(CC)C(=O)/C(C#N)=C\c1ccc(OC)cc1. The number of benzene rings is 1. The molecule has 0 unspecified atom stereocenters. The van der Waals surface area contributed by atoms with Gasteiger partial charge in [0.15, 0.2) is 0 Å². The minimum atomic E-state index is -0.233. The molecule has 0 saturated carbocycles. The molecule has 0 fully saturated rings. The van der Waals surface area contributed by atoms with E-state index in [0.29, 0.717) is 13.1 Å². The molecular formula is C15H18N2O2. The summed E-state index contributed by atoms with van der Waals surface area (Å²) in [7, 11) is 1.59. The summed E-state index contributed by atoms with van der Waals surface area (Å²) in [4.78, 5) is 13.7. The third-order valence-electron chi connectivity index (χ3n) is 2.83. The molecule has 0 bridgehead atoms. The second-order valence-electron chi connectivity index (χ2n) is 3.92. The molecule has 0 aliphatic rings. The number of amides is 1. The van der Waals surface area contributed by atoms with Gasteiger partial charge in [-0.1, -0.05) is 12.1 Å². The lowest BCUT2D eigenvalue weighted by Crippen LogP contribution is -2.31. The number of nitrogens with zero attached hydrogens (tertiary/aromatic N) is 2. The lowest BCUT2D eigenvalue weighted by molar-refractivity contribution is -0.126. The van der Waals surface area contributed by atoms with Gasteiger partial charge in [-0.25, -0.2) is 0 Å². The first kappa shape index (κ1) is 14.8. The van der Waals surface area contributed by atoms with Crippen molar-refractivity contribution in [2.24, 2.45) is 0 Å². The topological polar surface area (TPSA) is 53.3 Å². The van der Waals surface area contributed by atoms with Gasteiger partial charge >= 0.3 is 0 Å². The Kier molecular flexibility index (Phi) is 5.62. The van der Waals surface area contributed by atoms with Crippen LogP contribution in [0.3, 0.4) is 0 Å². The first-order valence-corrected chi connectivity index (χ1v) is 6.21. The molecule has 0 spiro atoms. The van der Waals surface area contributed by atoms with Gasteiger partial charge in [-0.05, 0) is 37.6 Å². The normalized spacial score (nSPS) is 10.7. The van der Waals surface area contributed by atoms with Crippen molar-refractivity contribution in [1.29, 1.82) is 5.26 Å². The molecule has 1 aromatic carbocycles. The molecule has 0 aliphatic heterocycles. The number of carbonyl (C=O) groups excluding carboxylic acids is 1. The summed E-state index contributed by atoms with van der Waals surface area (Å²) < 4.78 is 5.06. The molecular weight excluding hydrogens is 240 g/mol. The predicted molar refractivity (Wildman–Crippen MR) is 74.5 cm³/mol. The van der Waals surface area contributed by atoms with Gasteiger partial charge in [0.1, 0.15) is 17.4 Å². The molecule has 4 nitrogen and oxygen atoms in total. The summed E-state index contributed by atoms with van der Waals surface area (Å²) in [6, 6.07) is 9.18. The highest BCUT2D eigenvalue weighted by atomic mass is 16.5. The molecule has 100 valence electrons. The Morgan fingerprint density at radius 2 is 1.89 bits per heavy atom. The molecule has 19 heavy (non-hydrogen) atoms. The van der Waals surface area contributed by atoms with Crippen molar-refractivity contribution in [3.8, 4) is 11.8 Å². The lowest BCUT2D eigenvalue weighted by atomic mass is 10.1. The van der Waals surface area contributed by atoms with Gasteiger partial charge in [-0.15, -0.1) is 0 Å². The van der Waals surface area contributed by atoms with Crippen molar-refractivity contribution in [2.45, 2.75) is 13.8 Å². The van der Waals surface area contributed by atoms with Gasteiger partial charge in [-0.2, -0.15) is 5.26 Å². The molecule has 0 aliphatic carbocycles. The molecule has 1 rings (SSSR count). The molecule has 0 N–H and O–H groups in total. The van der Waals surface area contributed by atoms with E-state index in [1.807, 2.05) is 32.0 Å². The van der Waals surface area contributed by atoms with Crippen molar-refractivity contribution in [3.63, 3.8) is 0 Å². The van der Waals surface area contributed by atoms with Gasteiger partial charge in [-0.3, -0.25) is 4.79 Å². The summed E-state index contributed by atoms with van der Waals surface area (Å²) in [5.41, 5.74) is 0.951. The average molecular weight is 258 g/mol. The van der Waals surface area contributed by atoms with Crippen LogP contribution in [0.5, 0.6) is 5.75 Å². The standard InChI is InChI=1S/C15H18N2O2/c1-4-17(5-2)15(18)13(11-16)10-12-6-8-14(19-3)9-7-12/h6-10H,4-5H2,1-3H3/b13-10-. The molecule has 0 radical (unpaired) electrons. The summed E-state index contributed by atoms with van der Waals surface area (Å²) in [5, 5.41) is 9.11. The van der Waals surface area contributed by atoms with Crippen LogP contribution in [-0.2, 0) is 4.79 Å². The lowest BCUT2D eigenvalue weighted by Gasteiger charge is -2.17. The van der Waals surface area contributed by atoms with E-state index in [1.54, 1.807) is 30.2 Å². The Morgan fingerprint density at radius 1 is 1.32 bits per heavy atom. The number of methoxy groups -OCH3 is 1. The molecule has 0 aromatic heterocycles.